The molecule has 2 aromatic carbocycles. The quantitative estimate of drug-likeness (QED) is 0.273. The molecule has 0 unspecified atom stereocenters. The summed E-state index contributed by atoms with van der Waals surface area (Å²) >= 11 is 5.33. The molecule has 0 saturated heterocycles. The summed E-state index contributed by atoms with van der Waals surface area (Å²) in [5, 5.41) is 3.50. The van der Waals surface area contributed by atoms with Crippen LogP contribution in [0.3, 0.4) is 0 Å². The smallest absolute Gasteiger partial charge is 0.321 e. The van der Waals surface area contributed by atoms with Gasteiger partial charge in [0.2, 0.25) is 5.91 Å². The van der Waals surface area contributed by atoms with E-state index in [0.717, 1.165) is 24.8 Å². The summed E-state index contributed by atoms with van der Waals surface area (Å²) in [5.41, 5.74) is 1.35. The highest BCUT2D eigenvalue weighted by atomic mass is 32.1. The first-order chi connectivity index (χ1) is 16.1. The summed E-state index contributed by atoms with van der Waals surface area (Å²) in [5.74, 6) is 0.525. The van der Waals surface area contributed by atoms with Gasteiger partial charge in [0.15, 0.2) is 4.77 Å². The van der Waals surface area contributed by atoms with E-state index in [1.807, 2.05) is 18.2 Å². The number of rotatable bonds is 9. The number of nitrogens with one attached hydrogen (secondary N) is 2. The van der Waals surface area contributed by atoms with Crippen LogP contribution in [0.4, 0.5) is 5.69 Å². The molecule has 2 N–H and O–H groups in total. The molecule has 0 fully saturated rings. The number of nitrogens with zero attached hydrogens (tertiary/aromatic N) is 3. The first kappa shape index (κ1) is 22.3. The molecule has 4 aromatic rings. The van der Waals surface area contributed by atoms with Gasteiger partial charge in [-0.3, -0.25) is 14.2 Å². The van der Waals surface area contributed by atoms with Crippen LogP contribution in [-0.2, 0) is 11.3 Å². The summed E-state index contributed by atoms with van der Waals surface area (Å²) in [6.07, 6.45) is 5.89. The highest BCUT2D eigenvalue weighted by molar-refractivity contribution is 7.71. The number of H-pyrrole nitrogens is 1. The second-order valence-electron chi connectivity index (χ2n) is 7.45. The van der Waals surface area contributed by atoms with Crippen molar-refractivity contribution >= 4 is 34.7 Å². The molecule has 0 aliphatic carbocycles. The minimum atomic E-state index is -0.0849. The Morgan fingerprint density at radius 1 is 1.00 bits per heavy atom. The summed E-state index contributed by atoms with van der Waals surface area (Å²) < 4.78 is 7.54. The molecule has 4 rings (SSSR count). The number of hydrogen-bond donors (Lipinski definition) is 2. The maximum atomic E-state index is 12.6. The minimum absolute atomic E-state index is 0.0600. The van der Waals surface area contributed by atoms with E-state index in [1.54, 1.807) is 53.4 Å². The number of carbonyl (C=O) groups is 1. The van der Waals surface area contributed by atoms with Crippen molar-refractivity contribution in [1.82, 2.24) is 19.5 Å². The van der Waals surface area contributed by atoms with E-state index in [1.165, 1.54) is 0 Å². The molecule has 33 heavy (non-hydrogen) atoms. The second kappa shape index (κ2) is 10.6. The van der Waals surface area contributed by atoms with E-state index in [0.29, 0.717) is 34.6 Å². The van der Waals surface area contributed by atoms with Crippen molar-refractivity contribution in [1.29, 1.82) is 0 Å². The normalized spacial score (nSPS) is 10.8. The molecule has 0 aliphatic heterocycles. The number of aromatic amines is 1. The first-order valence-corrected chi connectivity index (χ1v) is 11.1. The monoisotopic (exact) mass is 461 g/mol. The van der Waals surface area contributed by atoms with E-state index in [4.69, 9.17) is 17.0 Å². The molecule has 0 aliphatic rings. The predicted molar refractivity (Wildman–Crippen MR) is 129 cm³/mol. The molecule has 0 spiro atoms. The zero-order chi connectivity index (χ0) is 23.0. The lowest BCUT2D eigenvalue weighted by atomic mass is 10.2. The van der Waals surface area contributed by atoms with Gasteiger partial charge in [-0.25, -0.2) is 9.97 Å². The van der Waals surface area contributed by atoms with Crippen LogP contribution in [0.2, 0.25) is 0 Å². The molecule has 168 valence electrons. The number of anilines is 1. The van der Waals surface area contributed by atoms with E-state index in [9.17, 15) is 9.59 Å². The lowest BCUT2D eigenvalue weighted by Crippen LogP contribution is -2.22. The Hall–Kier alpha value is -3.85. The van der Waals surface area contributed by atoms with Crippen LogP contribution in [0.25, 0.3) is 10.9 Å². The molecule has 9 heteroatoms. The third-order valence-corrected chi connectivity index (χ3v) is 5.39. The molecule has 0 atom stereocenters. The van der Waals surface area contributed by atoms with Gasteiger partial charge in [-0.2, -0.15) is 0 Å². The number of fused-ring (bicyclic) bond motifs is 1. The maximum Gasteiger partial charge on any atom is 0.321 e. The van der Waals surface area contributed by atoms with Crippen LogP contribution in [0.5, 0.6) is 11.8 Å². The SMILES string of the molecule is O=C(CCCCCn1c(=S)[nH]c2ccccc2c1=O)Nc1ccc(Oc2ncccn2)cc1. The number of unbranched alkanes of at least 4 members (excludes halogenated alkanes) is 2. The van der Waals surface area contributed by atoms with Crippen LogP contribution in [-0.4, -0.2) is 25.4 Å². The summed E-state index contributed by atoms with van der Waals surface area (Å²) in [6, 6.07) is 16.3. The van der Waals surface area contributed by atoms with E-state index in [-0.39, 0.29) is 17.5 Å². The summed E-state index contributed by atoms with van der Waals surface area (Å²) in [6.45, 7) is 0.521. The van der Waals surface area contributed by atoms with Gasteiger partial charge < -0.3 is 15.0 Å². The fourth-order valence-electron chi connectivity index (χ4n) is 3.41. The standard InChI is InChI=1S/C24H23N5O3S/c30-21(27-17-10-12-18(13-11-17)32-23-25-14-6-15-26-23)9-2-1-5-16-29-22(31)19-7-3-4-8-20(19)28-24(29)33/h3-4,6-8,10-15H,1-2,5,9,16H2,(H,27,30)(H,28,33). The first-order valence-electron chi connectivity index (χ1n) is 10.7. The average Bonchev–Trinajstić information content (AvgIpc) is 2.82. The van der Waals surface area contributed by atoms with Crippen molar-refractivity contribution in [3.63, 3.8) is 0 Å². The fourth-order valence-corrected chi connectivity index (χ4v) is 3.69. The average molecular weight is 462 g/mol. The van der Waals surface area contributed by atoms with E-state index < -0.39 is 0 Å². The summed E-state index contributed by atoms with van der Waals surface area (Å²) in [4.78, 5) is 36.0. The predicted octanol–water partition coefficient (Wildman–Crippen LogP) is 4.84. The molecule has 2 heterocycles. The van der Waals surface area contributed by atoms with Crippen LogP contribution in [0.15, 0.2) is 71.8 Å². The number of para-hydroxylation sites is 1. The van der Waals surface area contributed by atoms with Gasteiger partial charge in [-0.1, -0.05) is 18.6 Å². The third kappa shape index (κ3) is 5.89. The molecule has 1 amide bonds. The van der Waals surface area contributed by atoms with Gasteiger partial charge in [0.05, 0.1) is 10.9 Å². The Balaban J connectivity index is 1.21. The molecule has 2 aromatic heterocycles. The maximum absolute atomic E-state index is 12.6. The Morgan fingerprint density at radius 2 is 1.76 bits per heavy atom. The molecule has 0 saturated carbocycles. The second-order valence-corrected chi connectivity index (χ2v) is 7.84. The van der Waals surface area contributed by atoms with Crippen LogP contribution in [0, 0.1) is 4.77 Å². The molecule has 0 radical (unpaired) electrons. The van der Waals surface area contributed by atoms with Crippen LogP contribution in [0.1, 0.15) is 25.7 Å². The highest BCUT2D eigenvalue weighted by Crippen LogP contribution is 2.20. The van der Waals surface area contributed by atoms with Crippen molar-refractivity contribution < 1.29 is 9.53 Å². The van der Waals surface area contributed by atoms with Crippen LogP contribution >= 0.6 is 12.2 Å². The lowest BCUT2D eigenvalue weighted by molar-refractivity contribution is -0.116. The molecule has 8 nitrogen and oxygen atoms in total. The Kier molecular flexibility index (Phi) is 7.21. The minimum Gasteiger partial charge on any atom is -0.424 e. The number of hydrogen-bond acceptors (Lipinski definition) is 6. The topological polar surface area (TPSA) is 102 Å². The Labute approximate surface area is 195 Å². The van der Waals surface area contributed by atoms with Crippen molar-refractivity contribution in [2.24, 2.45) is 0 Å². The van der Waals surface area contributed by atoms with Gasteiger partial charge in [-0.05, 0) is 67.5 Å². The van der Waals surface area contributed by atoms with E-state index >= 15 is 0 Å². The Bertz CT molecular complexity index is 1350. The lowest BCUT2D eigenvalue weighted by Gasteiger charge is -2.09. The van der Waals surface area contributed by atoms with E-state index in [2.05, 4.69) is 20.3 Å². The van der Waals surface area contributed by atoms with Crippen molar-refractivity contribution in [2.45, 2.75) is 32.2 Å². The molecule has 0 bridgehead atoms. The van der Waals surface area contributed by atoms with Crippen molar-refractivity contribution in [3.8, 4) is 11.8 Å². The largest absolute Gasteiger partial charge is 0.424 e. The number of carbonyl (C=O) groups excluding carboxylic acids is 1. The van der Waals surface area contributed by atoms with Crippen molar-refractivity contribution in [2.75, 3.05) is 5.32 Å². The zero-order valence-electron chi connectivity index (χ0n) is 17.9. The van der Waals surface area contributed by atoms with Crippen molar-refractivity contribution in [3.05, 3.63) is 82.1 Å². The van der Waals surface area contributed by atoms with Crippen LogP contribution < -0.4 is 15.6 Å². The number of ether oxygens (including phenoxy) is 1. The Morgan fingerprint density at radius 3 is 2.55 bits per heavy atom. The number of benzene rings is 2. The third-order valence-electron chi connectivity index (χ3n) is 5.06. The van der Waals surface area contributed by atoms with Gasteiger partial charge >= 0.3 is 6.01 Å². The van der Waals surface area contributed by atoms with Gasteiger partial charge in [0.1, 0.15) is 5.75 Å². The van der Waals surface area contributed by atoms with Gasteiger partial charge in [0.25, 0.3) is 5.56 Å². The summed E-state index contributed by atoms with van der Waals surface area (Å²) in [7, 11) is 0. The molecular formula is C24H23N5O3S. The van der Waals surface area contributed by atoms with Gasteiger partial charge in [-0.15, -0.1) is 0 Å². The number of amides is 1. The zero-order valence-corrected chi connectivity index (χ0v) is 18.7. The number of aromatic nitrogens is 4. The van der Waals surface area contributed by atoms with Gasteiger partial charge in [0, 0.05) is 31.0 Å². The highest BCUT2D eigenvalue weighted by Gasteiger charge is 2.07. The molecular weight excluding hydrogens is 438 g/mol. The fraction of sp³-hybridized carbons (Fsp3) is 0.208.